The average Bonchev–Trinajstić information content (AvgIpc) is 3.33. The lowest BCUT2D eigenvalue weighted by molar-refractivity contribution is -0.131. The lowest BCUT2D eigenvalue weighted by atomic mass is 10.0. The van der Waals surface area contributed by atoms with E-state index in [9.17, 15) is 18.4 Å². The lowest BCUT2D eigenvalue weighted by Gasteiger charge is -2.19. The number of hydrogen-bond donors (Lipinski definition) is 2. The predicted octanol–water partition coefficient (Wildman–Crippen LogP) is 3.92. The minimum absolute atomic E-state index is 0.340. The van der Waals surface area contributed by atoms with Gasteiger partial charge in [-0.05, 0) is 62.1 Å². The molecule has 2 N–H and O–H groups in total. The van der Waals surface area contributed by atoms with Gasteiger partial charge in [0.05, 0.1) is 0 Å². The molecule has 7 heteroatoms. The van der Waals surface area contributed by atoms with E-state index in [0.29, 0.717) is 18.5 Å². The predicted molar refractivity (Wildman–Crippen MR) is 103 cm³/mol. The molecular weight excluding hydrogens is 364 g/mol. The van der Waals surface area contributed by atoms with Crippen molar-refractivity contribution in [2.24, 2.45) is 5.41 Å². The molecular formula is C21H21F2N3O2. The van der Waals surface area contributed by atoms with Crippen LogP contribution in [0.2, 0.25) is 0 Å². The second kappa shape index (κ2) is 7.22. The number of amides is 2. The van der Waals surface area contributed by atoms with Crippen LogP contribution in [-0.4, -0.2) is 24.9 Å². The van der Waals surface area contributed by atoms with Crippen LogP contribution in [0.5, 0.6) is 0 Å². The summed E-state index contributed by atoms with van der Waals surface area (Å²) in [6.07, 6.45) is 3.04. The highest BCUT2D eigenvalue weighted by Crippen LogP contribution is 2.47. The summed E-state index contributed by atoms with van der Waals surface area (Å²) >= 11 is 0. The van der Waals surface area contributed by atoms with Gasteiger partial charge in [-0.3, -0.25) is 9.59 Å². The van der Waals surface area contributed by atoms with Crippen LogP contribution in [0.1, 0.15) is 25.7 Å². The van der Waals surface area contributed by atoms with Gasteiger partial charge in [0, 0.05) is 24.5 Å². The number of para-hydroxylation sites is 1. The number of halogens is 2. The van der Waals surface area contributed by atoms with Gasteiger partial charge >= 0.3 is 0 Å². The first-order valence-electron chi connectivity index (χ1n) is 9.41. The summed E-state index contributed by atoms with van der Waals surface area (Å²) in [6, 6.07) is 10.8. The first-order valence-corrected chi connectivity index (χ1v) is 9.41. The molecule has 1 heterocycles. The molecule has 5 nitrogen and oxygen atoms in total. The second-order valence-electron chi connectivity index (χ2n) is 7.33. The lowest BCUT2D eigenvalue weighted by Crippen LogP contribution is -2.36. The zero-order valence-corrected chi connectivity index (χ0v) is 15.3. The van der Waals surface area contributed by atoms with Gasteiger partial charge in [-0.1, -0.05) is 6.07 Å². The average molecular weight is 385 g/mol. The fourth-order valence-electron chi connectivity index (χ4n) is 3.51. The van der Waals surface area contributed by atoms with Crippen LogP contribution in [0, 0.1) is 17.0 Å². The van der Waals surface area contributed by atoms with E-state index in [1.807, 2.05) is 12.1 Å². The third-order valence-electron chi connectivity index (χ3n) is 5.42. The molecule has 1 saturated carbocycles. The molecule has 2 aromatic rings. The zero-order valence-electron chi connectivity index (χ0n) is 15.3. The topological polar surface area (TPSA) is 61.4 Å². The van der Waals surface area contributed by atoms with E-state index in [0.717, 1.165) is 30.9 Å². The van der Waals surface area contributed by atoms with E-state index >= 15 is 0 Å². The van der Waals surface area contributed by atoms with E-state index in [4.69, 9.17) is 0 Å². The van der Waals surface area contributed by atoms with Gasteiger partial charge in [-0.25, -0.2) is 8.78 Å². The summed E-state index contributed by atoms with van der Waals surface area (Å²) < 4.78 is 27.5. The third kappa shape index (κ3) is 3.44. The molecule has 4 rings (SSSR count). The number of anilines is 3. The SMILES string of the molecule is O=C(Nc1ccc(N2CCCC2)cc1)C1(C(=O)Nc2c(F)cccc2F)CC1. The van der Waals surface area contributed by atoms with Crippen molar-refractivity contribution in [1.29, 1.82) is 0 Å². The van der Waals surface area contributed by atoms with Crippen LogP contribution in [0.4, 0.5) is 25.8 Å². The summed E-state index contributed by atoms with van der Waals surface area (Å²) in [5.74, 6) is -2.90. The molecule has 28 heavy (non-hydrogen) atoms. The number of hydrogen-bond acceptors (Lipinski definition) is 3. The van der Waals surface area contributed by atoms with Crippen LogP contribution >= 0.6 is 0 Å². The van der Waals surface area contributed by atoms with E-state index in [1.54, 1.807) is 12.1 Å². The summed E-state index contributed by atoms with van der Waals surface area (Å²) in [5.41, 5.74) is -0.127. The van der Waals surface area contributed by atoms with Crippen molar-refractivity contribution in [3.63, 3.8) is 0 Å². The van der Waals surface area contributed by atoms with E-state index in [2.05, 4.69) is 15.5 Å². The highest BCUT2D eigenvalue weighted by atomic mass is 19.1. The molecule has 1 aliphatic carbocycles. The summed E-state index contributed by atoms with van der Waals surface area (Å²) in [6.45, 7) is 2.06. The second-order valence-corrected chi connectivity index (χ2v) is 7.33. The highest BCUT2D eigenvalue weighted by Gasteiger charge is 2.56. The number of carbonyl (C=O) groups excluding carboxylic acids is 2. The van der Waals surface area contributed by atoms with Gasteiger partial charge in [-0.2, -0.15) is 0 Å². The molecule has 1 saturated heterocycles. The molecule has 146 valence electrons. The maximum atomic E-state index is 13.8. The summed E-state index contributed by atoms with van der Waals surface area (Å²) in [4.78, 5) is 27.5. The molecule has 2 amide bonds. The van der Waals surface area contributed by atoms with Crippen molar-refractivity contribution in [2.75, 3.05) is 28.6 Å². The van der Waals surface area contributed by atoms with Gasteiger partial charge in [0.2, 0.25) is 11.8 Å². The van der Waals surface area contributed by atoms with E-state index in [1.165, 1.54) is 18.9 Å². The molecule has 1 aliphatic heterocycles. The van der Waals surface area contributed by atoms with Crippen LogP contribution in [0.25, 0.3) is 0 Å². The van der Waals surface area contributed by atoms with Crippen LogP contribution < -0.4 is 15.5 Å². The molecule has 0 spiro atoms. The van der Waals surface area contributed by atoms with Crippen molar-refractivity contribution in [3.8, 4) is 0 Å². The smallest absolute Gasteiger partial charge is 0.240 e. The molecule has 0 bridgehead atoms. The molecule has 2 aliphatic rings. The van der Waals surface area contributed by atoms with E-state index < -0.39 is 34.6 Å². The minimum Gasteiger partial charge on any atom is -0.372 e. The molecule has 0 radical (unpaired) electrons. The Morgan fingerprint density at radius 1 is 0.857 bits per heavy atom. The number of rotatable bonds is 5. The quantitative estimate of drug-likeness (QED) is 0.767. The van der Waals surface area contributed by atoms with Crippen LogP contribution in [0.15, 0.2) is 42.5 Å². The monoisotopic (exact) mass is 385 g/mol. The number of benzene rings is 2. The molecule has 0 atom stereocenters. The standard InChI is InChI=1S/C21H21F2N3O2/c22-16-4-3-5-17(23)18(16)25-20(28)21(10-11-21)19(27)24-14-6-8-15(9-7-14)26-12-1-2-13-26/h3-9H,1-2,10-13H2,(H,24,27)(H,25,28). The molecule has 0 aromatic heterocycles. The summed E-state index contributed by atoms with van der Waals surface area (Å²) in [5, 5.41) is 4.99. The first-order chi connectivity index (χ1) is 13.5. The van der Waals surface area contributed by atoms with Crippen molar-refractivity contribution in [1.82, 2.24) is 0 Å². The Labute approximate surface area is 161 Å². The first kappa shape index (κ1) is 18.4. The molecule has 2 fully saturated rings. The number of nitrogens with one attached hydrogen (secondary N) is 2. The van der Waals surface area contributed by atoms with Gasteiger partial charge in [-0.15, -0.1) is 0 Å². The third-order valence-corrected chi connectivity index (χ3v) is 5.42. The normalized spacial score (nSPS) is 17.3. The Morgan fingerprint density at radius 2 is 1.43 bits per heavy atom. The van der Waals surface area contributed by atoms with E-state index in [-0.39, 0.29) is 0 Å². The van der Waals surface area contributed by atoms with Crippen molar-refractivity contribution < 1.29 is 18.4 Å². The van der Waals surface area contributed by atoms with Crippen molar-refractivity contribution >= 4 is 28.9 Å². The Balaban J connectivity index is 1.43. The Kier molecular flexibility index (Phi) is 4.75. The Bertz CT molecular complexity index is 884. The molecule has 2 aromatic carbocycles. The van der Waals surface area contributed by atoms with Crippen molar-refractivity contribution in [2.45, 2.75) is 25.7 Å². The maximum Gasteiger partial charge on any atom is 0.240 e. The summed E-state index contributed by atoms with van der Waals surface area (Å²) in [7, 11) is 0. The van der Waals surface area contributed by atoms with Crippen molar-refractivity contribution in [3.05, 3.63) is 54.1 Å². The van der Waals surface area contributed by atoms with Crippen LogP contribution in [0.3, 0.4) is 0 Å². The maximum absolute atomic E-state index is 13.8. The highest BCUT2D eigenvalue weighted by molar-refractivity contribution is 6.17. The number of carbonyl (C=O) groups is 2. The number of nitrogens with zero attached hydrogens (tertiary/aromatic N) is 1. The zero-order chi connectivity index (χ0) is 19.7. The van der Waals surface area contributed by atoms with Crippen LogP contribution in [-0.2, 0) is 9.59 Å². The van der Waals surface area contributed by atoms with Gasteiger partial charge in [0.1, 0.15) is 22.7 Å². The van der Waals surface area contributed by atoms with Gasteiger partial charge in [0.15, 0.2) is 0 Å². The fraction of sp³-hybridized carbons (Fsp3) is 0.333. The Morgan fingerprint density at radius 3 is 2.00 bits per heavy atom. The van der Waals surface area contributed by atoms with Gasteiger partial charge in [0.25, 0.3) is 0 Å². The van der Waals surface area contributed by atoms with Gasteiger partial charge < -0.3 is 15.5 Å². The largest absolute Gasteiger partial charge is 0.372 e. The fourth-order valence-corrected chi connectivity index (χ4v) is 3.51. The molecule has 0 unspecified atom stereocenters. The Hall–Kier alpha value is -2.96. The minimum atomic E-state index is -1.29.